The minimum absolute atomic E-state index is 0.0333. The van der Waals surface area contributed by atoms with Crippen molar-refractivity contribution in [3.05, 3.63) is 40.7 Å². The van der Waals surface area contributed by atoms with E-state index in [9.17, 15) is 4.79 Å². The van der Waals surface area contributed by atoms with Crippen LogP contribution in [0.3, 0.4) is 0 Å². The van der Waals surface area contributed by atoms with Crippen LogP contribution < -0.4 is 0 Å². The van der Waals surface area contributed by atoms with Crippen molar-refractivity contribution in [1.82, 2.24) is 20.2 Å². The molecular formula is C10H8Cl2N4O. The van der Waals surface area contributed by atoms with Crippen molar-refractivity contribution in [3.8, 4) is 0 Å². The van der Waals surface area contributed by atoms with E-state index in [0.717, 1.165) is 0 Å². The molecule has 0 unspecified atom stereocenters. The predicted octanol–water partition coefficient (Wildman–Crippen LogP) is 1.95. The average Bonchev–Trinajstić information content (AvgIpc) is 2.77. The van der Waals surface area contributed by atoms with E-state index in [1.54, 1.807) is 24.3 Å². The van der Waals surface area contributed by atoms with E-state index in [4.69, 9.17) is 23.2 Å². The lowest BCUT2D eigenvalue weighted by Gasteiger charge is -1.99. The number of tetrazole rings is 1. The molecule has 0 aliphatic heterocycles. The molecule has 2 rings (SSSR count). The predicted molar refractivity (Wildman–Crippen MR) is 63.2 cm³/mol. The zero-order valence-electron chi connectivity index (χ0n) is 8.68. The number of ketones is 1. The Hall–Kier alpha value is -1.46. The maximum Gasteiger partial charge on any atom is 0.189 e. The second-order valence-corrected chi connectivity index (χ2v) is 4.00. The Balaban J connectivity index is 2.08. The molecule has 1 aromatic carbocycles. The van der Waals surface area contributed by atoms with Crippen LogP contribution in [-0.4, -0.2) is 26.0 Å². The second kappa shape index (κ2) is 5.25. The van der Waals surface area contributed by atoms with Gasteiger partial charge in [0, 0.05) is 10.6 Å². The number of aromatic nitrogens is 4. The summed E-state index contributed by atoms with van der Waals surface area (Å²) in [5, 5.41) is 11.9. The molecule has 0 amide bonds. The van der Waals surface area contributed by atoms with E-state index in [-0.39, 0.29) is 18.2 Å². The SMILES string of the molecule is O=C(Cn1nnc(CCl)n1)c1ccc(Cl)cc1. The average molecular weight is 271 g/mol. The van der Waals surface area contributed by atoms with Crippen molar-refractivity contribution in [2.75, 3.05) is 0 Å². The summed E-state index contributed by atoms with van der Waals surface area (Å²) < 4.78 is 0. The van der Waals surface area contributed by atoms with Crippen LogP contribution in [0.2, 0.25) is 5.02 Å². The first-order valence-corrected chi connectivity index (χ1v) is 5.71. The van der Waals surface area contributed by atoms with Gasteiger partial charge in [0.2, 0.25) is 0 Å². The zero-order valence-corrected chi connectivity index (χ0v) is 10.2. The minimum Gasteiger partial charge on any atom is -0.292 e. The molecule has 0 aliphatic rings. The van der Waals surface area contributed by atoms with Gasteiger partial charge in [0.15, 0.2) is 11.6 Å². The molecule has 0 fully saturated rings. The van der Waals surface area contributed by atoms with E-state index in [0.29, 0.717) is 16.4 Å². The van der Waals surface area contributed by atoms with Crippen LogP contribution in [0.1, 0.15) is 16.2 Å². The van der Waals surface area contributed by atoms with E-state index in [1.807, 2.05) is 0 Å². The summed E-state index contributed by atoms with van der Waals surface area (Å²) in [6.07, 6.45) is 0. The molecule has 1 heterocycles. The molecule has 0 spiro atoms. The van der Waals surface area contributed by atoms with Gasteiger partial charge in [-0.3, -0.25) is 4.79 Å². The van der Waals surface area contributed by atoms with Gasteiger partial charge < -0.3 is 0 Å². The summed E-state index contributed by atoms with van der Waals surface area (Å²) in [5.41, 5.74) is 0.555. The summed E-state index contributed by atoms with van der Waals surface area (Å²) in [6, 6.07) is 6.63. The monoisotopic (exact) mass is 270 g/mol. The number of hydrogen-bond acceptors (Lipinski definition) is 4. The summed E-state index contributed by atoms with van der Waals surface area (Å²) in [4.78, 5) is 13.0. The van der Waals surface area contributed by atoms with Gasteiger partial charge in [-0.05, 0) is 29.5 Å². The first-order valence-electron chi connectivity index (χ1n) is 4.80. The van der Waals surface area contributed by atoms with Crippen LogP contribution >= 0.6 is 23.2 Å². The van der Waals surface area contributed by atoms with Gasteiger partial charge >= 0.3 is 0 Å². The van der Waals surface area contributed by atoms with Gasteiger partial charge in [0.05, 0.1) is 5.88 Å². The second-order valence-electron chi connectivity index (χ2n) is 3.30. The summed E-state index contributed by atoms with van der Waals surface area (Å²) in [6.45, 7) is 0.0333. The van der Waals surface area contributed by atoms with Crippen LogP contribution in [0.4, 0.5) is 0 Å². The molecule has 0 bridgehead atoms. The quantitative estimate of drug-likeness (QED) is 0.630. The Labute approximate surface area is 107 Å². The van der Waals surface area contributed by atoms with Crippen LogP contribution in [0, 0.1) is 0 Å². The molecule has 0 aliphatic carbocycles. The summed E-state index contributed by atoms with van der Waals surface area (Å²) in [5.74, 6) is 0.463. The third kappa shape index (κ3) is 3.01. The first-order chi connectivity index (χ1) is 8.19. The highest BCUT2D eigenvalue weighted by Crippen LogP contribution is 2.10. The molecule has 1 aromatic heterocycles. The fourth-order valence-electron chi connectivity index (χ4n) is 1.25. The fourth-order valence-corrected chi connectivity index (χ4v) is 1.49. The van der Waals surface area contributed by atoms with Crippen molar-refractivity contribution in [1.29, 1.82) is 0 Å². The molecule has 0 atom stereocenters. The summed E-state index contributed by atoms with van der Waals surface area (Å²) >= 11 is 11.3. The molecule has 2 aromatic rings. The number of benzene rings is 1. The van der Waals surface area contributed by atoms with Crippen LogP contribution in [0.15, 0.2) is 24.3 Å². The maximum absolute atomic E-state index is 11.8. The standard InChI is InChI=1S/C10H8Cl2N4O/c11-5-10-13-15-16(14-10)6-9(17)7-1-3-8(12)4-2-7/h1-4H,5-6H2. The Kier molecular flexibility index (Phi) is 3.71. The van der Waals surface area contributed by atoms with Crippen molar-refractivity contribution in [2.24, 2.45) is 0 Å². The van der Waals surface area contributed by atoms with Gasteiger partial charge in [-0.1, -0.05) is 11.6 Å². The van der Waals surface area contributed by atoms with Crippen molar-refractivity contribution >= 4 is 29.0 Å². The van der Waals surface area contributed by atoms with E-state index >= 15 is 0 Å². The van der Waals surface area contributed by atoms with Crippen molar-refractivity contribution in [2.45, 2.75) is 12.4 Å². The topological polar surface area (TPSA) is 60.7 Å². The van der Waals surface area contributed by atoms with Crippen molar-refractivity contribution < 1.29 is 4.79 Å². The Morgan fingerprint density at radius 1 is 1.29 bits per heavy atom. The number of rotatable bonds is 4. The Morgan fingerprint density at radius 2 is 2.00 bits per heavy atom. The van der Waals surface area contributed by atoms with Gasteiger partial charge in [0.25, 0.3) is 0 Å². The van der Waals surface area contributed by atoms with E-state index in [2.05, 4.69) is 15.4 Å². The number of halogens is 2. The van der Waals surface area contributed by atoms with E-state index in [1.165, 1.54) is 4.80 Å². The highest BCUT2D eigenvalue weighted by Gasteiger charge is 2.09. The number of nitrogens with zero attached hydrogens (tertiary/aromatic N) is 4. The number of alkyl halides is 1. The third-order valence-electron chi connectivity index (χ3n) is 2.07. The number of carbonyl (C=O) groups excluding carboxylic acids is 1. The molecule has 0 saturated carbocycles. The third-order valence-corrected chi connectivity index (χ3v) is 2.56. The Morgan fingerprint density at radius 3 is 2.59 bits per heavy atom. The largest absolute Gasteiger partial charge is 0.292 e. The van der Waals surface area contributed by atoms with E-state index < -0.39 is 0 Å². The van der Waals surface area contributed by atoms with Gasteiger partial charge in [-0.25, -0.2) is 0 Å². The highest BCUT2D eigenvalue weighted by atomic mass is 35.5. The van der Waals surface area contributed by atoms with Crippen LogP contribution in [0.5, 0.6) is 0 Å². The van der Waals surface area contributed by atoms with Gasteiger partial charge in [0.1, 0.15) is 6.54 Å². The lowest BCUT2D eigenvalue weighted by Crippen LogP contribution is -2.13. The highest BCUT2D eigenvalue weighted by molar-refractivity contribution is 6.30. The van der Waals surface area contributed by atoms with Crippen LogP contribution in [-0.2, 0) is 12.4 Å². The van der Waals surface area contributed by atoms with Gasteiger partial charge in [-0.15, -0.1) is 21.8 Å². The lowest BCUT2D eigenvalue weighted by molar-refractivity contribution is 0.0961. The molecule has 0 saturated heterocycles. The van der Waals surface area contributed by atoms with Crippen molar-refractivity contribution in [3.63, 3.8) is 0 Å². The molecule has 0 N–H and O–H groups in total. The molecule has 88 valence electrons. The molecule has 5 nitrogen and oxygen atoms in total. The minimum atomic E-state index is -0.111. The van der Waals surface area contributed by atoms with Gasteiger partial charge in [-0.2, -0.15) is 4.80 Å². The smallest absolute Gasteiger partial charge is 0.189 e. The van der Waals surface area contributed by atoms with Crippen LogP contribution in [0.25, 0.3) is 0 Å². The fraction of sp³-hybridized carbons (Fsp3) is 0.200. The molecular weight excluding hydrogens is 263 g/mol. The number of carbonyl (C=O) groups is 1. The lowest BCUT2D eigenvalue weighted by atomic mass is 10.1. The number of Topliss-reactive ketones (excluding diaryl/α,β-unsaturated/α-hetero) is 1. The molecule has 0 radical (unpaired) electrons. The summed E-state index contributed by atoms with van der Waals surface area (Å²) in [7, 11) is 0. The zero-order chi connectivity index (χ0) is 12.3. The molecule has 17 heavy (non-hydrogen) atoms. The Bertz CT molecular complexity index is 523. The normalized spacial score (nSPS) is 10.5. The maximum atomic E-state index is 11.8. The number of hydrogen-bond donors (Lipinski definition) is 0. The first kappa shape index (κ1) is 12.0. The molecule has 7 heteroatoms.